The van der Waals surface area contributed by atoms with Crippen LogP contribution in [0.5, 0.6) is 11.5 Å². The summed E-state index contributed by atoms with van der Waals surface area (Å²) in [7, 11) is 0. The van der Waals surface area contributed by atoms with E-state index in [-0.39, 0.29) is 0 Å². The number of hydrogen-bond acceptors (Lipinski definition) is 3. The number of benzene rings is 6. The van der Waals surface area contributed by atoms with Gasteiger partial charge in [-0.15, -0.1) is 11.3 Å². The van der Waals surface area contributed by atoms with Gasteiger partial charge >= 0.3 is 0 Å². The molecule has 2 aromatic heterocycles. The molecule has 0 bridgehead atoms. The first-order valence-corrected chi connectivity index (χ1v) is 13.9. The summed E-state index contributed by atoms with van der Waals surface area (Å²) in [6.45, 7) is 0. The highest BCUT2D eigenvalue weighted by atomic mass is 32.1. The Labute approximate surface area is 228 Å². The maximum Gasteiger partial charge on any atom is 0.143 e. The number of rotatable bonds is 2. The van der Waals surface area contributed by atoms with Gasteiger partial charge in [0.2, 0.25) is 0 Å². The molecule has 39 heavy (non-hydrogen) atoms. The van der Waals surface area contributed by atoms with Gasteiger partial charge in [-0.25, -0.2) is 0 Å². The molecule has 8 aromatic rings. The lowest BCUT2D eigenvalue weighted by molar-refractivity contribution is 0.487. The summed E-state index contributed by atoms with van der Waals surface area (Å²) in [5.74, 6) is 1.83. The van der Waals surface area contributed by atoms with Crippen molar-refractivity contribution >= 4 is 54.8 Å². The molecule has 0 spiro atoms. The van der Waals surface area contributed by atoms with Crippen LogP contribution in [0.3, 0.4) is 0 Å². The standard InChI is InChI=1S/C36H20O2S/c1-2-8-22-21(7-1)15-16-28-35-27(12-6-14-30(35)38-36(22)28)33-20-19-32(39-33)24-17-18-31-34-25(10-5-11-26(24)34)23-9-3-4-13-29(23)37-31/h1-20H. The average molecular weight is 517 g/mol. The summed E-state index contributed by atoms with van der Waals surface area (Å²) in [5.41, 5.74) is 6.68. The predicted octanol–water partition coefficient (Wildman–Crippen LogP) is 11.1. The molecule has 0 fully saturated rings. The minimum atomic E-state index is 0.914. The molecule has 0 N–H and O–H groups in total. The van der Waals surface area contributed by atoms with Crippen molar-refractivity contribution in [3.63, 3.8) is 0 Å². The van der Waals surface area contributed by atoms with E-state index in [0.717, 1.165) is 39.0 Å². The lowest BCUT2D eigenvalue weighted by Gasteiger charge is -2.22. The lowest BCUT2D eigenvalue weighted by atomic mass is 9.92. The molecule has 0 unspecified atom stereocenters. The number of ether oxygens (including phenoxy) is 1. The molecule has 182 valence electrons. The number of para-hydroxylation sites is 1. The van der Waals surface area contributed by atoms with Gasteiger partial charge in [0.25, 0.3) is 0 Å². The molecule has 9 rings (SSSR count). The molecule has 2 nitrogen and oxygen atoms in total. The summed E-state index contributed by atoms with van der Waals surface area (Å²) in [5, 5.41) is 7.07. The fourth-order valence-corrected chi connectivity index (χ4v) is 7.26. The van der Waals surface area contributed by atoms with Gasteiger partial charge < -0.3 is 9.15 Å². The average Bonchev–Trinajstić information content (AvgIpc) is 3.63. The Morgan fingerprint density at radius 3 is 2.18 bits per heavy atom. The van der Waals surface area contributed by atoms with E-state index in [4.69, 9.17) is 9.15 Å². The molecule has 6 aromatic carbocycles. The second-order valence-electron chi connectivity index (χ2n) is 10.0. The molecule has 0 saturated heterocycles. The third-order valence-corrected chi connectivity index (χ3v) is 9.08. The first-order valence-electron chi connectivity index (χ1n) is 13.1. The van der Waals surface area contributed by atoms with Crippen LogP contribution in [0.1, 0.15) is 0 Å². The predicted molar refractivity (Wildman–Crippen MR) is 163 cm³/mol. The number of thiophene rings is 1. The summed E-state index contributed by atoms with van der Waals surface area (Å²) >= 11 is 1.82. The monoisotopic (exact) mass is 516 g/mol. The Balaban J connectivity index is 1.24. The molecule has 3 heteroatoms. The van der Waals surface area contributed by atoms with E-state index < -0.39 is 0 Å². The van der Waals surface area contributed by atoms with Crippen LogP contribution >= 0.6 is 11.3 Å². The van der Waals surface area contributed by atoms with E-state index in [2.05, 4.69) is 109 Å². The largest absolute Gasteiger partial charge is 0.456 e. The van der Waals surface area contributed by atoms with Crippen molar-refractivity contribution in [3.8, 4) is 43.5 Å². The molecule has 0 amide bonds. The van der Waals surface area contributed by atoms with Crippen LogP contribution in [0.2, 0.25) is 0 Å². The number of hydrogen-bond donors (Lipinski definition) is 0. The highest BCUT2D eigenvalue weighted by Gasteiger charge is 2.22. The molecule has 1 aliphatic heterocycles. The van der Waals surface area contributed by atoms with Gasteiger partial charge in [0.1, 0.15) is 22.7 Å². The van der Waals surface area contributed by atoms with Crippen molar-refractivity contribution in [1.29, 1.82) is 0 Å². The minimum absolute atomic E-state index is 0.914. The van der Waals surface area contributed by atoms with Crippen LogP contribution in [-0.2, 0) is 0 Å². The summed E-state index contributed by atoms with van der Waals surface area (Å²) in [4.78, 5) is 2.47. The highest BCUT2D eigenvalue weighted by molar-refractivity contribution is 7.19. The molecule has 0 radical (unpaired) electrons. The Bertz CT molecular complexity index is 2270. The molecular weight excluding hydrogens is 496 g/mol. The van der Waals surface area contributed by atoms with E-state index in [1.165, 1.54) is 48.0 Å². The van der Waals surface area contributed by atoms with Crippen molar-refractivity contribution in [3.05, 3.63) is 121 Å². The maximum absolute atomic E-state index is 6.44. The Morgan fingerprint density at radius 2 is 1.21 bits per heavy atom. The molecule has 0 saturated carbocycles. The van der Waals surface area contributed by atoms with Crippen LogP contribution in [-0.4, -0.2) is 0 Å². The van der Waals surface area contributed by atoms with Gasteiger partial charge in [-0.05, 0) is 64.4 Å². The van der Waals surface area contributed by atoms with E-state index in [1.807, 2.05) is 23.5 Å². The van der Waals surface area contributed by atoms with Gasteiger partial charge in [-0.2, -0.15) is 0 Å². The Kier molecular flexibility index (Phi) is 4.24. The first kappa shape index (κ1) is 21.1. The zero-order valence-electron chi connectivity index (χ0n) is 20.8. The van der Waals surface area contributed by atoms with Crippen LogP contribution < -0.4 is 4.74 Å². The molecule has 1 aliphatic rings. The van der Waals surface area contributed by atoms with Crippen LogP contribution in [0, 0.1) is 0 Å². The second-order valence-corrected chi connectivity index (χ2v) is 11.1. The van der Waals surface area contributed by atoms with Crippen molar-refractivity contribution in [2.24, 2.45) is 0 Å². The fraction of sp³-hybridized carbons (Fsp3) is 0. The topological polar surface area (TPSA) is 22.4 Å². The molecular formula is C36H20O2S. The summed E-state index contributed by atoms with van der Waals surface area (Å²) in [6.07, 6.45) is 0. The summed E-state index contributed by atoms with van der Waals surface area (Å²) < 4.78 is 12.8. The Hall–Kier alpha value is -4.86. The van der Waals surface area contributed by atoms with E-state index >= 15 is 0 Å². The smallest absolute Gasteiger partial charge is 0.143 e. The van der Waals surface area contributed by atoms with Crippen LogP contribution in [0.15, 0.2) is 126 Å². The van der Waals surface area contributed by atoms with Gasteiger partial charge in [0, 0.05) is 42.4 Å². The Morgan fingerprint density at radius 1 is 0.436 bits per heavy atom. The molecule has 3 heterocycles. The normalized spacial score (nSPS) is 12.3. The van der Waals surface area contributed by atoms with Gasteiger partial charge in [-0.1, -0.05) is 78.9 Å². The van der Waals surface area contributed by atoms with Crippen molar-refractivity contribution < 1.29 is 9.15 Å². The van der Waals surface area contributed by atoms with Crippen LogP contribution in [0.25, 0.3) is 75.5 Å². The molecule has 0 aliphatic carbocycles. The van der Waals surface area contributed by atoms with E-state index in [0.29, 0.717) is 0 Å². The number of furan rings is 1. The van der Waals surface area contributed by atoms with Crippen molar-refractivity contribution in [2.75, 3.05) is 0 Å². The lowest BCUT2D eigenvalue weighted by Crippen LogP contribution is -1.97. The number of fused-ring (bicyclic) bond motifs is 7. The minimum Gasteiger partial charge on any atom is -0.456 e. The van der Waals surface area contributed by atoms with Crippen LogP contribution in [0.4, 0.5) is 0 Å². The van der Waals surface area contributed by atoms with Gasteiger partial charge in [0.05, 0.1) is 0 Å². The summed E-state index contributed by atoms with van der Waals surface area (Å²) in [6, 6.07) is 42.9. The maximum atomic E-state index is 6.44. The second kappa shape index (κ2) is 7.83. The highest BCUT2D eigenvalue weighted by Crippen LogP contribution is 2.50. The molecule has 0 atom stereocenters. The quantitative estimate of drug-likeness (QED) is 0.228. The van der Waals surface area contributed by atoms with Crippen molar-refractivity contribution in [1.82, 2.24) is 0 Å². The fourth-order valence-electron chi connectivity index (χ4n) is 6.18. The zero-order valence-corrected chi connectivity index (χ0v) is 21.6. The zero-order chi connectivity index (χ0) is 25.5. The van der Waals surface area contributed by atoms with E-state index in [1.54, 1.807) is 0 Å². The SMILES string of the molecule is c1ccc2c(c1)Oc1ccc(-c3ccc(-c4cccc5oc6c7ccccc7ccc6c45)s3)c3cccc-2c13. The van der Waals surface area contributed by atoms with Crippen molar-refractivity contribution in [2.45, 2.75) is 0 Å². The third-order valence-electron chi connectivity index (χ3n) is 7.92. The van der Waals surface area contributed by atoms with Gasteiger partial charge in [-0.3, -0.25) is 0 Å². The van der Waals surface area contributed by atoms with E-state index in [9.17, 15) is 0 Å². The van der Waals surface area contributed by atoms with Gasteiger partial charge in [0.15, 0.2) is 0 Å². The first-order chi connectivity index (χ1) is 19.3. The third kappa shape index (κ3) is 2.96.